The Hall–Kier alpha value is -0.620. The largest absolute Gasteiger partial charge is 0.383 e. The molecule has 2 amide bonds. The van der Waals surface area contributed by atoms with Gasteiger partial charge in [0.25, 0.3) is 0 Å². The van der Waals surface area contributed by atoms with Crippen molar-refractivity contribution >= 4 is 27.7 Å². The molecule has 0 aromatic heterocycles. The lowest BCUT2D eigenvalue weighted by molar-refractivity contribution is -0.132. The van der Waals surface area contributed by atoms with Crippen molar-refractivity contribution in [1.82, 2.24) is 10.2 Å². The zero-order valence-corrected chi connectivity index (χ0v) is 10.2. The minimum Gasteiger partial charge on any atom is -0.383 e. The molecule has 1 aliphatic rings. The highest BCUT2D eigenvalue weighted by Crippen LogP contribution is 2.17. The highest BCUT2D eigenvalue weighted by molar-refractivity contribution is 9.10. The SMILES string of the molecule is COCCNC(=O)CN1CCC(Br)C1=O. The molecular weight excluding hydrogens is 264 g/mol. The molecule has 1 saturated heterocycles. The molecule has 0 aliphatic carbocycles. The van der Waals surface area contributed by atoms with Crippen LogP contribution in [-0.2, 0) is 14.3 Å². The molecule has 1 N–H and O–H groups in total. The first kappa shape index (κ1) is 12.4. The third-order valence-electron chi connectivity index (χ3n) is 2.19. The summed E-state index contributed by atoms with van der Waals surface area (Å²) in [6.07, 6.45) is 0.768. The predicted molar refractivity (Wildman–Crippen MR) is 58.8 cm³/mol. The highest BCUT2D eigenvalue weighted by Gasteiger charge is 2.30. The van der Waals surface area contributed by atoms with Crippen LogP contribution in [0, 0.1) is 0 Å². The second kappa shape index (κ2) is 6.07. The van der Waals surface area contributed by atoms with Crippen LogP contribution in [-0.4, -0.2) is 54.9 Å². The second-order valence-electron chi connectivity index (χ2n) is 3.36. The Bertz CT molecular complexity index is 248. The molecule has 86 valence electrons. The van der Waals surface area contributed by atoms with E-state index < -0.39 is 0 Å². The van der Waals surface area contributed by atoms with E-state index in [1.807, 2.05) is 0 Å². The van der Waals surface area contributed by atoms with Gasteiger partial charge in [0.2, 0.25) is 11.8 Å². The molecule has 1 rings (SSSR count). The number of ether oxygens (including phenoxy) is 1. The molecule has 0 saturated carbocycles. The molecule has 0 radical (unpaired) electrons. The van der Waals surface area contributed by atoms with Crippen molar-refractivity contribution in [3.05, 3.63) is 0 Å². The summed E-state index contributed by atoms with van der Waals surface area (Å²) in [7, 11) is 1.57. The number of rotatable bonds is 5. The standard InChI is InChI=1S/C9H15BrN2O3/c1-15-5-3-11-8(13)6-12-4-2-7(10)9(12)14/h7H,2-6H2,1H3,(H,11,13). The molecule has 5 nitrogen and oxygen atoms in total. The van der Waals surface area contributed by atoms with Crippen molar-refractivity contribution < 1.29 is 14.3 Å². The Balaban J connectivity index is 2.23. The summed E-state index contributed by atoms with van der Waals surface area (Å²) in [6.45, 7) is 1.76. The average Bonchev–Trinajstić information content (AvgIpc) is 2.50. The van der Waals surface area contributed by atoms with Crippen LogP contribution in [0.3, 0.4) is 0 Å². The van der Waals surface area contributed by atoms with E-state index in [1.165, 1.54) is 0 Å². The van der Waals surface area contributed by atoms with E-state index in [-0.39, 0.29) is 23.2 Å². The van der Waals surface area contributed by atoms with Crippen molar-refractivity contribution in [1.29, 1.82) is 0 Å². The van der Waals surface area contributed by atoms with Gasteiger partial charge < -0.3 is 15.0 Å². The van der Waals surface area contributed by atoms with Gasteiger partial charge in [0.1, 0.15) is 0 Å². The maximum Gasteiger partial charge on any atom is 0.239 e. The van der Waals surface area contributed by atoms with E-state index in [4.69, 9.17) is 4.74 Å². The van der Waals surface area contributed by atoms with Crippen LogP contribution in [0.15, 0.2) is 0 Å². The van der Waals surface area contributed by atoms with Gasteiger partial charge in [-0.25, -0.2) is 0 Å². The van der Waals surface area contributed by atoms with Gasteiger partial charge >= 0.3 is 0 Å². The number of alkyl halides is 1. The molecule has 1 unspecified atom stereocenters. The van der Waals surface area contributed by atoms with Crippen LogP contribution >= 0.6 is 15.9 Å². The first-order chi connectivity index (χ1) is 7.15. The van der Waals surface area contributed by atoms with Crippen molar-refractivity contribution in [2.24, 2.45) is 0 Å². The van der Waals surface area contributed by atoms with Crippen LogP contribution in [0.5, 0.6) is 0 Å². The number of likely N-dealkylation sites (tertiary alicyclic amines) is 1. The molecular formula is C9H15BrN2O3. The lowest BCUT2D eigenvalue weighted by Crippen LogP contribution is -2.39. The Labute approximate surface area is 97.3 Å². The summed E-state index contributed by atoms with van der Waals surface area (Å²) in [5, 5.41) is 2.67. The molecule has 1 atom stereocenters. The number of hydrogen-bond donors (Lipinski definition) is 1. The van der Waals surface area contributed by atoms with Crippen molar-refractivity contribution in [3.63, 3.8) is 0 Å². The van der Waals surface area contributed by atoms with Crippen molar-refractivity contribution in [2.45, 2.75) is 11.2 Å². The normalized spacial score (nSPS) is 20.8. The summed E-state index contributed by atoms with van der Waals surface area (Å²) in [5.74, 6) is -0.140. The van der Waals surface area contributed by atoms with Crippen LogP contribution in [0.4, 0.5) is 0 Å². The molecule has 6 heteroatoms. The quantitative estimate of drug-likeness (QED) is 0.557. The van der Waals surface area contributed by atoms with E-state index in [1.54, 1.807) is 12.0 Å². The number of methoxy groups -OCH3 is 1. The van der Waals surface area contributed by atoms with E-state index in [0.717, 1.165) is 6.42 Å². The maximum atomic E-state index is 11.4. The smallest absolute Gasteiger partial charge is 0.239 e. The fourth-order valence-corrected chi connectivity index (χ4v) is 1.87. The lowest BCUT2D eigenvalue weighted by atomic mass is 10.4. The maximum absolute atomic E-state index is 11.4. The summed E-state index contributed by atoms with van der Waals surface area (Å²) in [4.78, 5) is 24.2. The van der Waals surface area contributed by atoms with Crippen LogP contribution in [0.2, 0.25) is 0 Å². The third-order valence-corrected chi connectivity index (χ3v) is 3.04. The van der Waals surface area contributed by atoms with Crippen LogP contribution in [0.1, 0.15) is 6.42 Å². The Morgan fingerprint density at radius 3 is 3.00 bits per heavy atom. The Kier molecular flexibility index (Phi) is 5.04. The topological polar surface area (TPSA) is 58.6 Å². The molecule has 0 aromatic rings. The molecule has 1 fully saturated rings. The number of amides is 2. The summed E-state index contributed by atoms with van der Waals surface area (Å²) in [5.41, 5.74) is 0. The van der Waals surface area contributed by atoms with Gasteiger partial charge in [-0.1, -0.05) is 15.9 Å². The van der Waals surface area contributed by atoms with Gasteiger partial charge in [0, 0.05) is 20.2 Å². The second-order valence-corrected chi connectivity index (χ2v) is 4.46. The predicted octanol–water partition coefficient (Wildman–Crippen LogP) is -0.255. The number of halogens is 1. The minimum absolute atomic E-state index is 0.00288. The van der Waals surface area contributed by atoms with Gasteiger partial charge in [-0.3, -0.25) is 9.59 Å². The monoisotopic (exact) mass is 278 g/mol. The van der Waals surface area contributed by atoms with Crippen LogP contribution < -0.4 is 5.32 Å². The van der Waals surface area contributed by atoms with Crippen molar-refractivity contribution in [2.75, 3.05) is 33.4 Å². The van der Waals surface area contributed by atoms with Gasteiger partial charge in [0.05, 0.1) is 18.0 Å². The van der Waals surface area contributed by atoms with Gasteiger partial charge in [-0.15, -0.1) is 0 Å². The average molecular weight is 279 g/mol. The van der Waals surface area contributed by atoms with E-state index in [9.17, 15) is 9.59 Å². The van der Waals surface area contributed by atoms with E-state index in [2.05, 4.69) is 21.2 Å². The molecule has 0 aromatic carbocycles. The lowest BCUT2D eigenvalue weighted by Gasteiger charge is -2.15. The summed E-state index contributed by atoms with van der Waals surface area (Å²) in [6, 6.07) is 0. The Morgan fingerprint density at radius 1 is 1.73 bits per heavy atom. The molecule has 1 heterocycles. The number of carbonyl (C=O) groups is 2. The molecule has 15 heavy (non-hydrogen) atoms. The minimum atomic E-state index is -0.137. The Morgan fingerprint density at radius 2 is 2.47 bits per heavy atom. The first-order valence-corrected chi connectivity index (χ1v) is 5.75. The van der Waals surface area contributed by atoms with Crippen LogP contribution in [0.25, 0.3) is 0 Å². The third kappa shape index (κ3) is 3.79. The number of nitrogens with one attached hydrogen (secondary N) is 1. The zero-order valence-electron chi connectivity index (χ0n) is 8.66. The summed E-state index contributed by atoms with van der Waals surface area (Å²) >= 11 is 3.25. The number of carbonyl (C=O) groups excluding carboxylic acids is 2. The fourth-order valence-electron chi connectivity index (χ4n) is 1.38. The number of nitrogens with zero attached hydrogens (tertiary/aromatic N) is 1. The van der Waals surface area contributed by atoms with E-state index in [0.29, 0.717) is 19.7 Å². The molecule has 0 spiro atoms. The first-order valence-electron chi connectivity index (χ1n) is 4.83. The molecule has 0 bridgehead atoms. The van der Waals surface area contributed by atoms with Gasteiger partial charge in [-0.05, 0) is 6.42 Å². The van der Waals surface area contributed by atoms with Gasteiger partial charge in [0.15, 0.2) is 0 Å². The fraction of sp³-hybridized carbons (Fsp3) is 0.778. The van der Waals surface area contributed by atoms with E-state index >= 15 is 0 Å². The zero-order chi connectivity index (χ0) is 11.3. The van der Waals surface area contributed by atoms with Crippen molar-refractivity contribution in [3.8, 4) is 0 Å². The highest BCUT2D eigenvalue weighted by atomic mass is 79.9. The van der Waals surface area contributed by atoms with Gasteiger partial charge in [-0.2, -0.15) is 0 Å². The molecule has 1 aliphatic heterocycles. The summed E-state index contributed by atoms with van der Waals surface area (Å²) < 4.78 is 4.80. The number of hydrogen-bond acceptors (Lipinski definition) is 3.